The Labute approximate surface area is 292 Å². The number of aryl methyl sites for hydroxylation is 1. The first-order valence-corrected chi connectivity index (χ1v) is 17.1. The summed E-state index contributed by atoms with van der Waals surface area (Å²) in [4.78, 5) is 0. The molecule has 242 valence electrons. The Kier molecular flexibility index (Phi) is 6.33. The number of rotatable bonds is 1. The van der Waals surface area contributed by atoms with Crippen molar-refractivity contribution in [3.05, 3.63) is 163 Å². The van der Waals surface area contributed by atoms with E-state index in [2.05, 4.69) is 131 Å². The van der Waals surface area contributed by atoms with Gasteiger partial charge in [-0.3, -0.25) is 5.41 Å². The van der Waals surface area contributed by atoms with Gasteiger partial charge < -0.3 is 19.3 Å². The maximum Gasteiger partial charge on any atom is 0.138 e. The first-order chi connectivity index (χ1) is 25.1. The summed E-state index contributed by atoms with van der Waals surface area (Å²) in [5.74, 6) is 0. The Hall–Kier alpha value is -6.85. The molecule has 0 aliphatic rings. The van der Waals surface area contributed by atoms with Gasteiger partial charge in [0.25, 0.3) is 0 Å². The predicted octanol–water partition coefficient (Wildman–Crippen LogP) is 11.4. The second-order valence-corrected chi connectivity index (χ2v) is 13.1. The van der Waals surface area contributed by atoms with Crippen LogP contribution in [0, 0.1) is 5.41 Å². The molecule has 0 saturated heterocycles. The van der Waals surface area contributed by atoms with E-state index in [1.54, 1.807) is 6.07 Å². The number of para-hydroxylation sites is 4. The molecule has 0 amide bonds. The number of benzene rings is 8. The zero-order valence-corrected chi connectivity index (χ0v) is 27.9. The van der Waals surface area contributed by atoms with Crippen molar-refractivity contribution in [1.82, 2.24) is 9.13 Å². The van der Waals surface area contributed by atoms with Crippen molar-refractivity contribution in [2.75, 3.05) is 5.73 Å². The van der Waals surface area contributed by atoms with E-state index >= 15 is 0 Å². The summed E-state index contributed by atoms with van der Waals surface area (Å²) in [6.07, 6.45) is 0. The maximum atomic E-state index is 8.13. The number of fused-ring (bicyclic) bond motifs is 13. The lowest BCUT2D eigenvalue weighted by Gasteiger charge is -2.10. The molecule has 11 rings (SSSR count). The molecule has 11 aromatic rings. The van der Waals surface area contributed by atoms with Gasteiger partial charge in [-0.1, -0.05) is 97.1 Å². The molecule has 5 nitrogen and oxygen atoms in total. The summed E-state index contributed by atoms with van der Waals surface area (Å²) < 4.78 is 10.4. The number of hydrogen-bond acceptors (Lipinski definition) is 3. The summed E-state index contributed by atoms with van der Waals surface area (Å²) in [5, 5.41) is 20.5. The van der Waals surface area contributed by atoms with Crippen LogP contribution in [0.4, 0.5) is 5.69 Å². The van der Waals surface area contributed by atoms with Gasteiger partial charge >= 0.3 is 0 Å². The van der Waals surface area contributed by atoms with Gasteiger partial charge in [-0.25, -0.2) is 0 Å². The lowest BCUT2D eigenvalue weighted by atomic mass is 9.96. The quantitative estimate of drug-likeness (QED) is 0.105. The van der Waals surface area contributed by atoms with Gasteiger partial charge in [0.05, 0.1) is 21.8 Å². The molecule has 3 heterocycles. The third-order valence-corrected chi connectivity index (χ3v) is 10.4. The summed E-state index contributed by atoms with van der Waals surface area (Å²) in [6, 6.07) is 55.0. The molecule has 5 heteroatoms. The minimum absolute atomic E-state index is 0.426. The molecule has 0 aliphatic carbocycles. The molecule has 0 spiro atoms. The van der Waals surface area contributed by atoms with E-state index < -0.39 is 0 Å². The van der Waals surface area contributed by atoms with Gasteiger partial charge in [0.2, 0.25) is 0 Å². The van der Waals surface area contributed by atoms with Crippen molar-refractivity contribution in [1.29, 1.82) is 5.41 Å². The fourth-order valence-corrected chi connectivity index (χ4v) is 8.12. The Morgan fingerprint density at radius 2 is 0.980 bits per heavy atom. The Balaban J connectivity index is 0.000000171. The second kappa shape index (κ2) is 11.1. The number of nitrogen functional groups attached to an aromatic ring is 1. The average Bonchev–Trinajstić information content (AvgIpc) is 3.67. The molecule has 0 atom stereocenters. The van der Waals surface area contributed by atoms with Crippen molar-refractivity contribution >= 4 is 92.8 Å². The molecule has 3 aromatic heterocycles. The van der Waals surface area contributed by atoms with Crippen LogP contribution in [-0.4, -0.2) is 9.13 Å². The highest BCUT2D eigenvalue weighted by molar-refractivity contribution is 6.30. The second-order valence-electron chi connectivity index (χ2n) is 13.1. The maximum absolute atomic E-state index is 8.13. The van der Waals surface area contributed by atoms with Crippen LogP contribution in [0.3, 0.4) is 0 Å². The van der Waals surface area contributed by atoms with Gasteiger partial charge in [0, 0.05) is 56.4 Å². The Morgan fingerprint density at radius 1 is 0.431 bits per heavy atom. The van der Waals surface area contributed by atoms with Gasteiger partial charge in [-0.2, -0.15) is 0 Å². The van der Waals surface area contributed by atoms with Crippen molar-refractivity contribution < 1.29 is 4.42 Å². The van der Waals surface area contributed by atoms with Gasteiger partial charge in [-0.15, -0.1) is 0 Å². The average molecular weight is 657 g/mol. The third-order valence-electron chi connectivity index (χ3n) is 10.4. The molecule has 51 heavy (non-hydrogen) atoms. The predicted molar refractivity (Wildman–Crippen MR) is 214 cm³/mol. The summed E-state index contributed by atoms with van der Waals surface area (Å²) in [6.45, 7) is 0. The van der Waals surface area contributed by atoms with E-state index in [1.807, 2.05) is 36.4 Å². The number of nitrogens with two attached hydrogens (primary N) is 1. The van der Waals surface area contributed by atoms with Gasteiger partial charge in [0.1, 0.15) is 11.2 Å². The minimum Gasteiger partial charge on any atom is -0.456 e. The van der Waals surface area contributed by atoms with E-state index in [4.69, 9.17) is 15.6 Å². The standard InChI is InChI=1S/C33H22N2.C13H10N2O/c1-34-28-13-7-5-11-26(28)32-24-15-16-25-23(22(24)17-19-30(32)34)18-20-31-33(25)27-12-6-8-14-29(27)35(31)21-9-3-2-4-10-21;14-9-5-3-7-11-12(9)13(15)8-4-1-2-6-10(8)16-11/h2-20H,1H3;1-7,15H,14H2. The molecule has 8 aromatic carbocycles. The molecule has 0 aliphatic heterocycles. The molecule has 0 radical (unpaired) electrons. The van der Waals surface area contributed by atoms with Crippen LogP contribution in [0.2, 0.25) is 0 Å². The molecule has 0 fully saturated rings. The van der Waals surface area contributed by atoms with E-state index in [1.165, 1.54) is 70.8 Å². The molecule has 0 saturated carbocycles. The van der Waals surface area contributed by atoms with Crippen LogP contribution in [0.5, 0.6) is 0 Å². The topological polar surface area (TPSA) is 72.9 Å². The molecule has 0 bridgehead atoms. The highest BCUT2D eigenvalue weighted by atomic mass is 16.3. The van der Waals surface area contributed by atoms with E-state index in [0.717, 1.165) is 5.39 Å². The number of nitrogens with zero attached hydrogens (tertiary/aromatic N) is 2. The first kappa shape index (κ1) is 29.1. The van der Waals surface area contributed by atoms with Crippen molar-refractivity contribution in [2.45, 2.75) is 0 Å². The lowest BCUT2D eigenvalue weighted by molar-refractivity contribution is 0.659. The van der Waals surface area contributed by atoms with Crippen LogP contribution in [0.15, 0.2) is 162 Å². The summed E-state index contributed by atoms with van der Waals surface area (Å²) in [7, 11) is 2.17. The smallest absolute Gasteiger partial charge is 0.138 e. The van der Waals surface area contributed by atoms with Gasteiger partial charge in [-0.05, 0) is 82.2 Å². The van der Waals surface area contributed by atoms with Gasteiger partial charge in [0.15, 0.2) is 0 Å². The van der Waals surface area contributed by atoms with Crippen molar-refractivity contribution in [3.8, 4) is 5.69 Å². The van der Waals surface area contributed by atoms with Crippen molar-refractivity contribution in [3.63, 3.8) is 0 Å². The number of hydrogen-bond donors (Lipinski definition) is 2. The minimum atomic E-state index is 0.426. The fraction of sp³-hybridized carbons (Fsp3) is 0.0217. The lowest BCUT2D eigenvalue weighted by Crippen LogP contribution is -2.05. The zero-order chi connectivity index (χ0) is 34.2. The zero-order valence-electron chi connectivity index (χ0n) is 27.9. The molecular formula is C46H32N4O. The summed E-state index contributed by atoms with van der Waals surface area (Å²) >= 11 is 0. The van der Waals surface area contributed by atoms with E-state index in [-0.39, 0.29) is 0 Å². The third kappa shape index (κ3) is 4.25. The first-order valence-electron chi connectivity index (χ1n) is 17.1. The van der Waals surface area contributed by atoms with Crippen LogP contribution in [-0.2, 0) is 7.05 Å². The molecular weight excluding hydrogens is 625 g/mol. The van der Waals surface area contributed by atoms with Crippen LogP contribution < -0.4 is 11.1 Å². The normalized spacial score (nSPS) is 11.8. The van der Waals surface area contributed by atoms with Crippen molar-refractivity contribution in [2.24, 2.45) is 7.05 Å². The largest absolute Gasteiger partial charge is 0.456 e. The van der Waals surface area contributed by atoms with E-state index in [0.29, 0.717) is 27.6 Å². The van der Waals surface area contributed by atoms with Crippen LogP contribution in [0.25, 0.3) is 92.8 Å². The highest BCUT2D eigenvalue weighted by Gasteiger charge is 2.17. The Bertz CT molecular complexity index is 3240. The summed E-state index contributed by atoms with van der Waals surface area (Å²) in [5.41, 5.74) is 14.0. The Morgan fingerprint density at radius 3 is 1.73 bits per heavy atom. The SMILES string of the molecule is Cn1c2ccccc2c2c3ccc4c(ccc5c4c4ccccc4n5-c4ccccc4)c3ccc21.N=c1c2ccccc2oc2cccc(N)c12. The number of anilines is 1. The monoisotopic (exact) mass is 656 g/mol. The van der Waals surface area contributed by atoms with Crippen LogP contribution >= 0.6 is 0 Å². The van der Waals surface area contributed by atoms with Crippen LogP contribution in [0.1, 0.15) is 0 Å². The van der Waals surface area contributed by atoms with E-state index in [9.17, 15) is 0 Å². The fourth-order valence-electron chi connectivity index (χ4n) is 8.12. The molecule has 3 N–H and O–H groups in total. The number of aromatic nitrogens is 2. The molecule has 0 unspecified atom stereocenters. The highest BCUT2D eigenvalue weighted by Crippen LogP contribution is 2.41. The number of nitrogens with one attached hydrogen (secondary N) is 1.